The van der Waals surface area contributed by atoms with Crippen LogP contribution in [0.1, 0.15) is 13.8 Å². The van der Waals surface area contributed by atoms with Crippen molar-refractivity contribution in [1.82, 2.24) is 19.6 Å². The molecule has 2 heterocycles. The summed E-state index contributed by atoms with van der Waals surface area (Å²) in [6, 6.07) is 1.54. The molecular weight excluding hydrogens is 228 g/mol. The molecule has 2 rings (SSSR count). The van der Waals surface area contributed by atoms with E-state index in [-0.39, 0.29) is 5.15 Å². The molecule has 0 saturated carbocycles. The van der Waals surface area contributed by atoms with Gasteiger partial charge in [0.2, 0.25) is 5.88 Å². The van der Waals surface area contributed by atoms with Crippen molar-refractivity contribution in [2.75, 3.05) is 0 Å². The van der Waals surface area contributed by atoms with Crippen LogP contribution in [0, 0.1) is 12.3 Å². The molecule has 0 aliphatic rings. The zero-order valence-electron chi connectivity index (χ0n) is 8.81. The Kier molecular flexibility index (Phi) is 2.44. The van der Waals surface area contributed by atoms with E-state index in [1.807, 2.05) is 0 Å². The summed E-state index contributed by atoms with van der Waals surface area (Å²) >= 11 is 5.83. The summed E-state index contributed by atoms with van der Waals surface area (Å²) < 4.78 is 7.04. The van der Waals surface area contributed by atoms with E-state index in [1.54, 1.807) is 19.9 Å². The van der Waals surface area contributed by atoms with E-state index in [0.29, 0.717) is 11.7 Å². The predicted molar refractivity (Wildman–Crippen MR) is 59.3 cm³/mol. The molecule has 5 nitrogen and oxygen atoms in total. The number of hydrogen-bond acceptors (Lipinski definition) is 4. The molecule has 0 fully saturated rings. The van der Waals surface area contributed by atoms with Crippen molar-refractivity contribution in [3.63, 3.8) is 0 Å². The zero-order chi connectivity index (χ0) is 11.8. The molecule has 0 unspecified atom stereocenters. The van der Waals surface area contributed by atoms with Crippen LogP contribution >= 0.6 is 11.6 Å². The van der Waals surface area contributed by atoms with Crippen molar-refractivity contribution >= 4 is 17.4 Å². The van der Waals surface area contributed by atoms with E-state index in [4.69, 9.17) is 22.8 Å². The second-order valence-corrected chi connectivity index (χ2v) is 4.03. The highest BCUT2D eigenvalue weighted by atomic mass is 35.5. The van der Waals surface area contributed by atoms with Crippen LogP contribution in [-0.4, -0.2) is 25.2 Å². The van der Waals surface area contributed by atoms with Gasteiger partial charge in [-0.25, -0.2) is 0 Å². The molecule has 6 heteroatoms. The van der Waals surface area contributed by atoms with E-state index in [1.165, 1.54) is 10.8 Å². The van der Waals surface area contributed by atoms with E-state index in [9.17, 15) is 0 Å². The Bertz CT molecular complexity index is 570. The topological polar surface area (TPSA) is 52.3 Å². The number of hydrogen-bond donors (Lipinski definition) is 0. The van der Waals surface area contributed by atoms with Crippen LogP contribution in [0.25, 0.3) is 5.78 Å². The molecule has 0 saturated heterocycles. The summed E-state index contributed by atoms with van der Waals surface area (Å²) in [6.45, 7) is 3.54. The first-order chi connectivity index (χ1) is 7.52. The summed E-state index contributed by atoms with van der Waals surface area (Å²) in [4.78, 5) is 7.90. The number of fused-ring (bicyclic) bond motifs is 1. The van der Waals surface area contributed by atoms with Gasteiger partial charge in [0.05, 0.1) is 0 Å². The lowest BCUT2D eigenvalue weighted by molar-refractivity contribution is 0.160. The fraction of sp³-hybridized carbons (Fsp3) is 0.300. The lowest BCUT2D eigenvalue weighted by Crippen LogP contribution is -2.26. The fourth-order valence-corrected chi connectivity index (χ4v) is 1.29. The summed E-state index contributed by atoms with van der Waals surface area (Å²) in [6.07, 6.45) is 6.71. The Morgan fingerprint density at radius 3 is 3.00 bits per heavy atom. The maximum Gasteiger partial charge on any atom is 0.256 e. The van der Waals surface area contributed by atoms with Crippen LogP contribution in [0.15, 0.2) is 12.4 Å². The number of aromatic nitrogens is 4. The average molecular weight is 237 g/mol. The second-order valence-electron chi connectivity index (χ2n) is 3.65. The van der Waals surface area contributed by atoms with E-state index in [0.717, 1.165) is 0 Å². The first-order valence-electron chi connectivity index (χ1n) is 4.55. The van der Waals surface area contributed by atoms with Gasteiger partial charge >= 0.3 is 0 Å². The Morgan fingerprint density at radius 2 is 2.31 bits per heavy atom. The van der Waals surface area contributed by atoms with Gasteiger partial charge in [0.15, 0.2) is 5.60 Å². The van der Waals surface area contributed by atoms with Crippen LogP contribution in [-0.2, 0) is 0 Å². The van der Waals surface area contributed by atoms with Gasteiger partial charge in [-0.1, -0.05) is 17.5 Å². The fourth-order valence-electron chi connectivity index (χ4n) is 1.12. The highest BCUT2D eigenvalue weighted by Gasteiger charge is 2.18. The second kappa shape index (κ2) is 3.65. The van der Waals surface area contributed by atoms with Crippen LogP contribution in [0.3, 0.4) is 0 Å². The van der Waals surface area contributed by atoms with Crippen molar-refractivity contribution in [1.29, 1.82) is 0 Å². The molecular formula is C10H9ClN4O. The zero-order valence-corrected chi connectivity index (χ0v) is 9.56. The minimum absolute atomic E-state index is 0.281. The molecule has 2 aromatic rings. The van der Waals surface area contributed by atoms with Crippen LogP contribution in [0.2, 0.25) is 5.15 Å². The number of halogens is 1. The maximum absolute atomic E-state index is 5.83. The molecule has 0 aromatic carbocycles. The maximum atomic E-state index is 5.83. The van der Waals surface area contributed by atoms with Crippen molar-refractivity contribution in [2.24, 2.45) is 0 Å². The van der Waals surface area contributed by atoms with Gasteiger partial charge in [-0.05, 0) is 13.8 Å². The first kappa shape index (κ1) is 10.7. The monoisotopic (exact) mass is 236 g/mol. The summed E-state index contributed by atoms with van der Waals surface area (Å²) in [5.74, 6) is 3.30. The van der Waals surface area contributed by atoms with Crippen LogP contribution in [0.4, 0.5) is 0 Å². The lowest BCUT2D eigenvalue weighted by atomic mass is 10.1. The molecule has 0 bridgehead atoms. The third kappa shape index (κ3) is 1.92. The highest BCUT2D eigenvalue weighted by Crippen LogP contribution is 2.21. The van der Waals surface area contributed by atoms with Gasteiger partial charge in [-0.3, -0.25) is 0 Å². The molecule has 2 aromatic heterocycles. The number of rotatable bonds is 2. The Balaban J connectivity index is 2.52. The molecule has 16 heavy (non-hydrogen) atoms. The average Bonchev–Trinajstić information content (AvgIpc) is 2.65. The van der Waals surface area contributed by atoms with E-state index in [2.05, 4.69) is 21.0 Å². The van der Waals surface area contributed by atoms with Gasteiger partial charge in [0.1, 0.15) is 11.5 Å². The molecule has 0 N–H and O–H groups in total. The molecule has 0 atom stereocenters. The normalized spacial score (nSPS) is 11.4. The van der Waals surface area contributed by atoms with Crippen LogP contribution < -0.4 is 4.74 Å². The standard InChI is InChI=1S/C10H9ClN4O/c1-4-10(2,3)16-8-5-7(11)14-9-12-6-13-15(8)9/h1,5-6H,2-3H3. The molecule has 0 aliphatic heterocycles. The highest BCUT2D eigenvalue weighted by molar-refractivity contribution is 6.29. The van der Waals surface area contributed by atoms with Gasteiger partial charge < -0.3 is 4.74 Å². The van der Waals surface area contributed by atoms with Crippen molar-refractivity contribution in [3.05, 3.63) is 17.5 Å². The predicted octanol–water partition coefficient (Wildman–Crippen LogP) is 1.57. The molecule has 0 amide bonds. The minimum Gasteiger partial charge on any atom is -0.458 e. The smallest absolute Gasteiger partial charge is 0.256 e. The quantitative estimate of drug-likeness (QED) is 0.587. The van der Waals surface area contributed by atoms with Gasteiger partial charge in [-0.15, -0.1) is 6.42 Å². The Hall–Kier alpha value is -1.80. The van der Waals surface area contributed by atoms with Crippen LogP contribution in [0.5, 0.6) is 5.88 Å². The van der Waals surface area contributed by atoms with E-state index < -0.39 is 5.60 Å². The van der Waals surface area contributed by atoms with Crippen molar-refractivity contribution < 1.29 is 4.74 Å². The summed E-state index contributed by atoms with van der Waals surface area (Å²) in [7, 11) is 0. The third-order valence-electron chi connectivity index (χ3n) is 1.90. The number of nitrogens with zero attached hydrogens (tertiary/aromatic N) is 4. The van der Waals surface area contributed by atoms with Gasteiger partial charge in [0.25, 0.3) is 5.78 Å². The van der Waals surface area contributed by atoms with E-state index >= 15 is 0 Å². The number of terminal acetylenes is 1. The van der Waals surface area contributed by atoms with Crippen molar-refractivity contribution in [3.8, 4) is 18.2 Å². The van der Waals surface area contributed by atoms with Gasteiger partial charge in [0, 0.05) is 6.07 Å². The van der Waals surface area contributed by atoms with Crippen molar-refractivity contribution in [2.45, 2.75) is 19.4 Å². The Morgan fingerprint density at radius 1 is 1.56 bits per heavy atom. The summed E-state index contributed by atoms with van der Waals surface area (Å²) in [5.41, 5.74) is -0.746. The third-order valence-corrected chi connectivity index (χ3v) is 2.09. The lowest BCUT2D eigenvalue weighted by Gasteiger charge is -2.20. The SMILES string of the molecule is C#CC(C)(C)Oc1cc(Cl)nc2ncnn12. The largest absolute Gasteiger partial charge is 0.458 e. The molecule has 0 aliphatic carbocycles. The molecule has 82 valence electrons. The number of ether oxygens (including phenoxy) is 1. The molecule has 0 spiro atoms. The Labute approximate surface area is 97.4 Å². The summed E-state index contributed by atoms with van der Waals surface area (Å²) in [5, 5.41) is 4.25. The minimum atomic E-state index is -0.746. The first-order valence-corrected chi connectivity index (χ1v) is 4.93. The molecule has 0 radical (unpaired) electrons. The van der Waals surface area contributed by atoms with Gasteiger partial charge in [-0.2, -0.15) is 19.6 Å².